The Morgan fingerprint density at radius 2 is 1.97 bits per heavy atom. The molecule has 1 saturated heterocycles. The number of aliphatic imine (C=N–C) groups is 1. The van der Waals surface area contributed by atoms with E-state index in [0.717, 1.165) is 44.9 Å². The molecule has 1 aliphatic heterocycles. The molecule has 1 unspecified atom stereocenters. The van der Waals surface area contributed by atoms with E-state index in [4.69, 9.17) is 0 Å². The first-order valence-electron chi connectivity index (χ1n) is 10.8. The maximum absolute atomic E-state index is 13.5. The van der Waals surface area contributed by atoms with Gasteiger partial charge in [0.05, 0.1) is 6.20 Å². The number of rotatable bonds is 4. The first-order chi connectivity index (χ1) is 14.1. The van der Waals surface area contributed by atoms with Gasteiger partial charge in [-0.25, -0.2) is 4.39 Å². The van der Waals surface area contributed by atoms with E-state index in [1.54, 1.807) is 12.1 Å². The van der Waals surface area contributed by atoms with E-state index in [-0.39, 0.29) is 35.2 Å². The van der Waals surface area contributed by atoms with Gasteiger partial charge in [-0.1, -0.05) is 31.4 Å². The average molecular weight is 525 g/mol. The van der Waals surface area contributed by atoms with Gasteiger partial charge in [-0.3, -0.25) is 9.67 Å². The highest BCUT2D eigenvalue weighted by molar-refractivity contribution is 14.0. The first kappa shape index (κ1) is 23.0. The molecule has 7 heteroatoms. The lowest BCUT2D eigenvalue weighted by molar-refractivity contribution is 0.288. The second-order valence-electron chi connectivity index (χ2n) is 8.63. The third kappa shape index (κ3) is 4.98. The number of hydrogen-bond donors (Lipinski definition) is 1. The molecule has 2 fully saturated rings. The van der Waals surface area contributed by atoms with Gasteiger partial charge in [-0.05, 0) is 42.5 Å². The summed E-state index contributed by atoms with van der Waals surface area (Å²) in [6.07, 6.45) is 11.2. The van der Waals surface area contributed by atoms with E-state index in [2.05, 4.69) is 26.5 Å². The zero-order valence-corrected chi connectivity index (χ0v) is 20.3. The van der Waals surface area contributed by atoms with Crippen molar-refractivity contribution in [2.75, 3.05) is 26.7 Å². The molecular weight excluding hydrogens is 492 g/mol. The van der Waals surface area contributed by atoms with Crippen LogP contribution in [0.4, 0.5) is 4.39 Å². The largest absolute Gasteiger partial charge is 0.355 e. The SMILES string of the molecule is CN=C(NCC1(c2ccc(F)cc2)CCCCC1)N1CCC(c2cnn(C)c2)C1.I. The number of benzene rings is 1. The van der Waals surface area contributed by atoms with Crippen molar-refractivity contribution >= 4 is 29.9 Å². The van der Waals surface area contributed by atoms with Crippen molar-refractivity contribution in [3.63, 3.8) is 0 Å². The van der Waals surface area contributed by atoms with Gasteiger partial charge in [0.2, 0.25) is 0 Å². The summed E-state index contributed by atoms with van der Waals surface area (Å²) in [4.78, 5) is 6.94. The molecule has 0 bridgehead atoms. The van der Waals surface area contributed by atoms with Gasteiger partial charge >= 0.3 is 0 Å². The van der Waals surface area contributed by atoms with E-state index in [1.165, 1.54) is 30.4 Å². The van der Waals surface area contributed by atoms with Crippen molar-refractivity contribution in [3.8, 4) is 0 Å². The van der Waals surface area contributed by atoms with Gasteiger partial charge in [-0.2, -0.15) is 5.10 Å². The van der Waals surface area contributed by atoms with Crippen molar-refractivity contribution < 1.29 is 4.39 Å². The van der Waals surface area contributed by atoms with Crippen molar-refractivity contribution in [2.24, 2.45) is 12.0 Å². The lowest BCUT2D eigenvalue weighted by Crippen LogP contribution is -2.47. The molecule has 5 nitrogen and oxygen atoms in total. The normalized spacial score (nSPS) is 21.4. The highest BCUT2D eigenvalue weighted by Gasteiger charge is 2.35. The molecule has 1 aliphatic carbocycles. The van der Waals surface area contributed by atoms with E-state index in [9.17, 15) is 4.39 Å². The predicted molar refractivity (Wildman–Crippen MR) is 130 cm³/mol. The number of aromatic nitrogens is 2. The lowest BCUT2D eigenvalue weighted by Gasteiger charge is -2.39. The number of nitrogens with zero attached hydrogens (tertiary/aromatic N) is 4. The van der Waals surface area contributed by atoms with Crippen LogP contribution >= 0.6 is 24.0 Å². The fourth-order valence-corrected chi connectivity index (χ4v) is 5.06. The Labute approximate surface area is 196 Å². The molecule has 1 aromatic heterocycles. The molecule has 4 rings (SSSR count). The molecule has 0 spiro atoms. The van der Waals surface area contributed by atoms with Gasteiger partial charge in [0.15, 0.2) is 5.96 Å². The van der Waals surface area contributed by atoms with E-state index >= 15 is 0 Å². The summed E-state index contributed by atoms with van der Waals surface area (Å²) in [5.74, 6) is 1.31. The summed E-state index contributed by atoms with van der Waals surface area (Å²) in [5.41, 5.74) is 2.61. The monoisotopic (exact) mass is 525 g/mol. The highest BCUT2D eigenvalue weighted by Crippen LogP contribution is 2.39. The fraction of sp³-hybridized carbons (Fsp3) is 0.565. The lowest BCUT2D eigenvalue weighted by atomic mass is 9.69. The molecule has 1 atom stereocenters. The highest BCUT2D eigenvalue weighted by atomic mass is 127. The summed E-state index contributed by atoms with van der Waals surface area (Å²) < 4.78 is 15.4. The summed E-state index contributed by atoms with van der Waals surface area (Å²) in [7, 11) is 3.83. The molecule has 1 aromatic carbocycles. The summed E-state index contributed by atoms with van der Waals surface area (Å²) in [5, 5.41) is 8.00. The maximum Gasteiger partial charge on any atom is 0.193 e. The number of halogens is 2. The third-order valence-corrected chi connectivity index (χ3v) is 6.75. The molecule has 1 N–H and O–H groups in total. The predicted octanol–water partition coefficient (Wildman–Crippen LogP) is 4.44. The van der Waals surface area contributed by atoms with E-state index < -0.39 is 0 Å². The summed E-state index contributed by atoms with van der Waals surface area (Å²) in [6.45, 7) is 2.82. The Hall–Kier alpha value is -1.64. The molecule has 1 saturated carbocycles. The van der Waals surface area contributed by atoms with Crippen LogP contribution in [-0.2, 0) is 12.5 Å². The van der Waals surface area contributed by atoms with Gasteiger partial charge in [0.25, 0.3) is 0 Å². The Balaban J connectivity index is 0.00000256. The van der Waals surface area contributed by atoms with Crippen LogP contribution in [0.5, 0.6) is 0 Å². The standard InChI is InChI=1S/C23H32FN5.HI/c1-25-22(29-13-10-18(16-29)19-14-27-28(2)15-19)26-17-23(11-4-3-5-12-23)20-6-8-21(24)9-7-20;/h6-9,14-15,18H,3-5,10-13,16-17H2,1-2H3,(H,25,26);1H. The third-order valence-electron chi connectivity index (χ3n) is 6.75. The van der Waals surface area contributed by atoms with Crippen LogP contribution in [-0.4, -0.2) is 47.3 Å². The number of aryl methyl sites for hydroxylation is 1. The zero-order chi connectivity index (χ0) is 20.3. The molecular formula is C23H33FIN5. The number of hydrogen-bond acceptors (Lipinski definition) is 2. The zero-order valence-electron chi connectivity index (χ0n) is 18.0. The van der Waals surface area contributed by atoms with Crippen LogP contribution in [0.25, 0.3) is 0 Å². The van der Waals surface area contributed by atoms with Crippen molar-refractivity contribution in [2.45, 2.75) is 49.9 Å². The molecule has 0 radical (unpaired) electrons. The second kappa shape index (κ2) is 10.1. The average Bonchev–Trinajstić information content (AvgIpc) is 3.39. The Bertz CT molecular complexity index is 842. The minimum atomic E-state index is -0.165. The van der Waals surface area contributed by atoms with E-state index in [0.29, 0.717) is 5.92 Å². The fourth-order valence-electron chi connectivity index (χ4n) is 5.06. The molecule has 0 amide bonds. The smallest absolute Gasteiger partial charge is 0.193 e. The van der Waals surface area contributed by atoms with Gasteiger partial charge in [0, 0.05) is 51.3 Å². The first-order valence-corrected chi connectivity index (χ1v) is 10.8. The second-order valence-corrected chi connectivity index (χ2v) is 8.63. The molecule has 2 heterocycles. The molecule has 2 aromatic rings. The number of guanidine groups is 1. The molecule has 164 valence electrons. The molecule has 30 heavy (non-hydrogen) atoms. The molecule has 2 aliphatic rings. The number of nitrogens with one attached hydrogen (secondary N) is 1. The van der Waals surface area contributed by atoms with Crippen LogP contribution in [0.2, 0.25) is 0 Å². The van der Waals surface area contributed by atoms with E-state index in [1.807, 2.05) is 37.1 Å². The maximum atomic E-state index is 13.5. The Morgan fingerprint density at radius 3 is 2.60 bits per heavy atom. The number of likely N-dealkylation sites (tertiary alicyclic amines) is 1. The van der Waals surface area contributed by atoms with Gasteiger partial charge in [0.1, 0.15) is 5.82 Å². The van der Waals surface area contributed by atoms with Crippen LogP contribution in [0.3, 0.4) is 0 Å². The van der Waals surface area contributed by atoms with Crippen LogP contribution < -0.4 is 5.32 Å². The van der Waals surface area contributed by atoms with Crippen molar-refractivity contribution in [1.29, 1.82) is 0 Å². The van der Waals surface area contributed by atoms with Crippen LogP contribution in [0, 0.1) is 5.82 Å². The van der Waals surface area contributed by atoms with Crippen LogP contribution in [0.1, 0.15) is 55.6 Å². The van der Waals surface area contributed by atoms with Crippen molar-refractivity contribution in [1.82, 2.24) is 20.0 Å². The van der Waals surface area contributed by atoms with Crippen molar-refractivity contribution in [3.05, 3.63) is 53.6 Å². The Morgan fingerprint density at radius 1 is 1.23 bits per heavy atom. The minimum absolute atomic E-state index is 0. The van der Waals surface area contributed by atoms with Gasteiger partial charge in [-0.15, -0.1) is 24.0 Å². The quantitative estimate of drug-likeness (QED) is 0.365. The van der Waals surface area contributed by atoms with Gasteiger partial charge < -0.3 is 10.2 Å². The minimum Gasteiger partial charge on any atom is -0.355 e. The van der Waals surface area contributed by atoms with Crippen LogP contribution in [0.15, 0.2) is 41.7 Å². The topological polar surface area (TPSA) is 45.5 Å². The Kier molecular flexibility index (Phi) is 7.76. The summed E-state index contributed by atoms with van der Waals surface area (Å²) >= 11 is 0. The summed E-state index contributed by atoms with van der Waals surface area (Å²) in [6, 6.07) is 7.14.